The summed E-state index contributed by atoms with van der Waals surface area (Å²) < 4.78 is 0. The molecule has 1 rings (SSSR count). The zero-order valence-electron chi connectivity index (χ0n) is 10.8. The van der Waals surface area contributed by atoms with Crippen LogP contribution in [0.15, 0.2) is 30.3 Å². The Labute approximate surface area is 112 Å². The summed E-state index contributed by atoms with van der Waals surface area (Å²) in [6.07, 6.45) is 1.36. The fraction of sp³-hybridized carbons (Fsp3) is 0.333. The molecule has 4 heteroatoms. The number of hydrogen-bond donors (Lipinski definition) is 2. The average molecular weight is 259 g/mol. The van der Waals surface area contributed by atoms with Crippen LogP contribution in [-0.4, -0.2) is 23.0 Å². The summed E-state index contributed by atoms with van der Waals surface area (Å²) in [6.45, 7) is 1.94. The molecule has 4 nitrogen and oxygen atoms in total. The molecule has 19 heavy (non-hydrogen) atoms. The monoisotopic (exact) mass is 259 g/mol. The van der Waals surface area contributed by atoms with E-state index in [1.54, 1.807) is 12.1 Å². The van der Waals surface area contributed by atoms with Crippen molar-refractivity contribution in [2.45, 2.75) is 32.2 Å². The second kappa shape index (κ2) is 7.93. The number of rotatable bonds is 5. The zero-order chi connectivity index (χ0) is 14.1. The number of amides is 1. The number of nitrogens with one attached hydrogen (secondary N) is 1. The zero-order valence-corrected chi connectivity index (χ0v) is 10.8. The van der Waals surface area contributed by atoms with Crippen LogP contribution in [0.4, 0.5) is 0 Å². The van der Waals surface area contributed by atoms with Crippen molar-refractivity contribution in [2.75, 3.05) is 0 Å². The second-order valence-corrected chi connectivity index (χ2v) is 4.17. The lowest BCUT2D eigenvalue weighted by Crippen LogP contribution is -2.35. The van der Waals surface area contributed by atoms with Crippen LogP contribution in [-0.2, 0) is 9.59 Å². The van der Waals surface area contributed by atoms with Gasteiger partial charge in [0, 0.05) is 17.5 Å². The summed E-state index contributed by atoms with van der Waals surface area (Å²) in [5.41, 5.74) is 0.753. The SMILES string of the molecule is CCCC(CC(=O)O)NC(=O)C#Cc1ccccc1. The fourth-order valence-electron chi connectivity index (χ4n) is 1.66. The smallest absolute Gasteiger partial charge is 0.305 e. The van der Waals surface area contributed by atoms with E-state index in [1.165, 1.54) is 0 Å². The Balaban J connectivity index is 2.58. The highest BCUT2D eigenvalue weighted by molar-refractivity contribution is 5.94. The molecule has 1 unspecified atom stereocenters. The summed E-state index contributed by atoms with van der Waals surface area (Å²) in [4.78, 5) is 22.3. The van der Waals surface area contributed by atoms with Gasteiger partial charge in [0.1, 0.15) is 0 Å². The molecule has 0 fully saturated rings. The Morgan fingerprint density at radius 1 is 1.32 bits per heavy atom. The van der Waals surface area contributed by atoms with E-state index in [0.29, 0.717) is 6.42 Å². The average Bonchev–Trinajstić information content (AvgIpc) is 2.37. The first-order valence-corrected chi connectivity index (χ1v) is 6.21. The lowest BCUT2D eigenvalue weighted by Gasteiger charge is -2.13. The molecule has 0 radical (unpaired) electrons. The number of carboxylic acids is 1. The van der Waals surface area contributed by atoms with Crippen LogP contribution in [0.25, 0.3) is 0 Å². The Bertz CT molecular complexity index is 485. The highest BCUT2D eigenvalue weighted by Crippen LogP contribution is 2.01. The molecule has 0 saturated carbocycles. The first-order chi connectivity index (χ1) is 9.11. The molecule has 0 saturated heterocycles. The van der Waals surface area contributed by atoms with E-state index >= 15 is 0 Å². The van der Waals surface area contributed by atoms with Crippen LogP contribution in [0.1, 0.15) is 31.7 Å². The molecule has 1 amide bonds. The van der Waals surface area contributed by atoms with Crippen LogP contribution in [0, 0.1) is 11.8 Å². The van der Waals surface area contributed by atoms with Crippen LogP contribution >= 0.6 is 0 Å². The molecule has 0 spiro atoms. The number of carbonyl (C=O) groups excluding carboxylic acids is 1. The first-order valence-electron chi connectivity index (χ1n) is 6.21. The summed E-state index contributed by atoms with van der Waals surface area (Å²) in [5, 5.41) is 11.4. The minimum Gasteiger partial charge on any atom is -0.481 e. The minimum atomic E-state index is -0.922. The second-order valence-electron chi connectivity index (χ2n) is 4.17. The topological polar surface area (TPSA) is 66.4 Å². The summed E-state index contributed by atoms with van der Waals surface area (Å²) in [5.74, 6) is 3.84. The van der Waals surface area contributed by atoms with Crippen molar-refractivity contribution in [3.63, 3.8) is 0 Å². The number of carboxylic acid groups (broad SMARTS) is 1. The highest BCUT2D eigenvalue weighted by atomic mass is 16.4. The molecule has 1 aromatic rings. The summed E-state index contributed by atoms with van der Waals surface area (Å²) in [7, 11) is 0. The molecule has 1 aromatic carbocycles. The number of carbonyl (C=O) groups is 2. The van der Waals surface area contributed by atoms with Crippen molar-refractivity contribution >= 4 is 11.9 Å². The van der Waals surface area contributed by atoms with Gasteiger partial charge < -0.3 is 10.4 Å². The van der Waals surface area contributed by atoms with E-state index in [4.69, 9.17) is 5.11 Å². The van der Waals surface area contributed by atoms with Gasteiger partial charge in [0.25, 0.3) is 5.91 Å². The maximum absolute atomic E-state index is 11.6. The van der Waals surface area contributed by atoms with Gasteiger partial charge in [0.15, 0.2) is 0 Å². The van der Waals surface area contributed by atoms with E-state index in [1.807, 2.05) is 25.1 Å². The Morgan fingerprint density at radius 3 is 2.58 bits per heavy atom. The standard InChI is InChI=1S/C15H17NO3/c1-2-6-13(11-15(18)19)16-14(17)10-9-12-7-4-3-5-8-12/h3-5,7-8,13H,2,6,11H2,1H3,(H,16,17)(H,18,19). The van der Waals surface area contributed by atoms with Gasteiger partial charge in [0.2, 0.25) is 0 Å². The van der Waals surface area contributed by atoms with Crippen LogP contribution < -0.4 is 5.32 Å². The maximum atomic E-state index is 11.6. The Kier molecular flexibility index (Phi) is 6.17. The fourth-order valence-corrected chi connectivity index (χ4v) is 1.66. The molecule has 0 aliphatic rings. The van der Waals surface area contributed by atoms with E-state index in [-0.39, 0.29) is 12.5 Å². The van der Waals surface area contributed by atoms with Crippen molar-refractivity contribution in [3.8, 4) is 11.8 Å². The molecular formula is C15H17NO3. The molecule has 1 atom stereocenters. The minimum absolute atomic E-state index is 0.0768. The van der Waals surface area contributed by atoms with E-state index in [9.17, 15) is 9.59 Å². The van der Waals surface area contributed by atoms with Gasteiger partial charge in [-0.15, -0.1) is 0 Å². The molecule has 0 aromatic heterocycles. The lowest BCUT2D eigenvalue weighted by molar-refractivity contribution is -0.137. The van der Waals surface area contributed by atoms with Crippen molar-refractivity contribution < 1.29 is 14.7 Å². The molecule has 0 aliphatic heterocycles. The third-order valence-electron chi connectivity index (χ3n) is 2.49. The Morgan fingerprint density at radius 2 is 2.00 bits per heavy atom. The molecule has 100 valence electrons. The van der Waals surface area contributed by atoms with E-state index in [0.717, 1.165) is 12.0 Å². The van der Waals surface area contributed by atoms with Gasteiger partial charge in [-0.1, -0.05) is 37.5 Å². The van der Waals surface area contributed by atoms with Gasteiger partial charge in [-0.3, -0.25) is 9.59 Å². The van der Waals surface area contributed by atoms with Crippen LogP contribution in [0.5, 0.6) is 0 Å². The normalized spacial score (nSPS) is 11.0. The van der Waals surface area contributed by atoms with Crippen LogP contribution in [0.2, 0.25) is 0 Å². The van der Waals surface area contributed by atoms with E-state index < -0.39 is 11.9 Å². The van der Waals surface area contributed by atoms with Gasteiger partial charge in [-0.2, -0.15) is 0 Å². The lowest BCUT2D eigenvalue weighted by atomic mass is 10.1. The quantitative estimate of drug-likeness (QED) is 0.792. The van der Waals surface area contributed by atoms with Gasteiger partial charge in [0.05, 0.1) is 6.42 Å². The molecule has 2 N–H and O–H groups in total. The van der Waals surface area contributed by atoms with Gasteiger partial charge in [-0.25, -0.2) is 0 Å². The van der Waals surface area contributed by atoms with Crippen molar-refractivity contribution in [1.29, 1.82) is 0 Å². The number of aliphatic carboxylic acids is 1. The largest absolute Gasteiger partial charge is 0.481 e. The predicted octanol–water partition coefficient (Wildman–Crippen LogP) is 1.80. The summed E-state index contributed by atoms with van der Waals surface area (Å²) in [6, 6.07) is 8.80. The number of hydrogen-bond acceptors (Lipinski definition) is 2. The summed E-state index contributed by atoms with van der Waals surface area (Å²) >= 11 is 0. The number of benzene rings is 1. The molecule has 0 aliphatic carbocycles. The van der Waals surface area contributed by atoms with E-state index in [2.05, 4.69) is 17.2 Å². The van der Waals surface area contributed by atoms with Crippen molar-refractivity contribution in [1.82, 2.24) is 5.32 Å². The molecular weight excluding hydrogens is 242 g/mol. The molecule has 0 heterocycles. The molecule has 0 bridgehead atoms. The maximum Gasteiger partial charge on any atom is 0.305 e. The Hall–Kier alpha value is -2.28. The van der Waals surface area contributed by atoms with Gasteiger partial charge >= 0.3 is 5.97 Å². The van der Waals surface area contributed by atoms with Crippen molar-refractivity contribution in [2.24, 2.45) is 0 Å². The predicted molar refractivity (Wildman–Crippen MR) is 72.4 cm³/mol. The third kappa shape index (κ3) is 6.27. The third-order valence-corrected chi connectivity index (χ3v) is 2.49. The van der Waals surface area contributed by atoms with Gasteiger partial charge in [-0.05, 0) is 18.6 Å². The van der Waals surface area contributed by atoms with Crippen molar-refractivity contribution in [3.05, 3.63) is 35.9 Å². The highest BCUT2D eigenvalue weighted by Gasteiger charge is 2.13. The first kappa shape index (κ1) is 14.8. The van der Waals surface area contributed by atoms with Crippen LogP contribution in [0.3, 0.4) is 0 Å².